The van der Waals surface area contributed by atoms with E-state index in [2.05, 4.69) is 0 Å². The molecule has 0 aliphatic rings. The van der Waals surface area contributed by atoms with Crippen molar-refractivity contribution in [3.63, 3.8) is 0 Å². The number of rotatable bonds is 2. The Kier molecular flexibility index (Phi) is 16.2. The van der Waals surface area contributed by atoms with Crippen molar-refractivity contribution in [3.8, 4) is 0 Å². The van der Waals surface area contributed by atoms with Gasteiger partial charge in [0.25, 0.3) is 0 Å². The summed E-state index contributed by atoms with van der Waals surface area (Å²) in [4.78, 5) is 20.4. The first-order chi connectivity index (χ1) is 9.07. The molecule has 21 heavy (non-hydrogen) atoms. The Morgan fingerprint density at radius 2 is 0.952 bits per heavy atom. The summed E-state index contributed by atoms with van der Waals surface area (Å²) in [7, 11) is 0. The van der Waals surface area contributed by atoms with Crippen LogP contribution in [0.3, 0.4) is 0 Å². The molecule has 7 heteroatoms. The molecule has 116 valence electrons. The van der Waals surface area contributed by atoms with E-state index >= 15 is 0 Å². The van der Waals surface area contributed by atoms with Crippen molar-refractivity contribution in [2.45, 2.75) is 39.9 Å². The molecule has 0 amide bonds. The van der Waals surface area contributed by atoms with Gasteiger partial charge in [0.1, 0.15) is 0 Å². The summed E-state index contributed by atoms with van der Waals surface area (Å²) < 4.78 is 0. The van der Waals surface area contributed by atoms with E-state index in [9.17, 15) is 19.8 Å². The second-order valence-corrected chi connectivity index (χ2v) is 4.34. The zero-order valence-electron chi connectivity index (χ0n) is 12.5. The minimum Gasteiger partial charge on any atom is -0.545 e. The van der Waals surface area contributed by atoms with E-state index in [0.717, 1.165) is 24.3 Å². The van der Waals surface area contributed by atoms with Crippen LogP contribution in [0.2, 0.25) is 0 Å². The number of benzene rings is 1. The molecular weight excluding hydrogens is 312 g/mol. The SMILES string of the molecule is CC(C)O.CC(C)O.O=C([O-])c1ccc(C(=O)[O-])cc1.[Ti+2]. The normalized spacial score (nSPS) is 8.76. The molecule has 0 radical (unpaired) electrons. The smallest absolute Gasteiger partial charge is 0.545 e. The predicted molar refractivity (Wildman–Crippen MR) is 69.8 cm³/mol. The fourth-order valence-corrected chi connectivity index (χ4v) is 0.742. The molecule has 6 nitrogen and oxygen atoms in total. The average Bonchev–Trinajstić information content (AvgIpc) is 2.27. The number of hydrogen-bond acceptors (Lipinski definition) is 6. The Balaban J connectivity index is -0.000000304. The second-order valence-electron chi connectivity index (χ2n) is 4.34. The van der Waals surface area contributed by atoms with Crippen LogP contribution in [0.15, 0.2) is 24.3 Å². The maximum Gasteiger partial charge on any atom is 2.00 e. The molecule has 0 saturated heterocycles. The zero-order chi connectivity index (χ0) is 16.3. The number of carboxylic acid groups (broad SMARTS) is 2. The summed E-state index contributed by atoms with van der Waals surface area (Å²) in [6.07, 6.45) is -0.333. The van der Waals surface area contributed by atoms with Crippen molar-refractivity contribution >= 4 is 11.9 Å². The molecule has 0 heterocycles. The van der Waals surface area contributed by atoms with Crippen molar-refractivity contribution in [2.75, 3.05) is 0 Å². The van der Waals surface area contributed by atoms with Crippen LogP contribution in [-0.2, 0) is 21.7 Å². The number of aromatic carboxylic acids is 2. The molecular formula is C14H20O6Ti. The maximum atomic E-state index is 10.2. The minimum atomic E-state index is -1.33. The van der Waals surface area contributed by atoms with Crippen LogP contribution < -0.4 is 10.2 Å². The van der Waals surface area contributed by atoms with Gasteiger partial charge in [-0.05, 0) is 38.8 Å². The van der Waals surface area contributed by atoms with Crippen molar-refractivity contribution in [1.82, 2.24) is 0 Å². The first-order valence-electron chi connectivity index (χ1n) is 5.96. The van der Waals surface area contributed by atoms with Gasteiger partial charge < -0.3 is 30.0 Å². The maximum absolute atomic E-state index is 10.2. The standard InChI is InChI=1S/C8H6O4.2C3H8O.Ti/c9-7(10)5-1-2-6(4-3-5)8(11)12;2*1-3(2)4;/h1-4H,(H,9,10)(H,11,12);2*3-4H,1-2H3;/q;;;+2/p-2. The number of carbonyl (C=O) groups excluding carboxylic acids is 2. The second kappa shape index (κ2) is 13.8. The third kappa shape index (κ3) is 18.8. The fourth-order valence-electron chi connectivity index (χ4n) is 0.742. The molecule has 0 aromatic heterocycles. The molecule has 0 aliphatic carbocycles. The number of carbonyl (C=O) groups is 2. The topological polar surface area (TPSA) is 121 Å². The molecule has 2 N–H and O–H groups in total. The predicted octanol–water partition coefficient (Wildman–Crippen LogP) is -0.815. The molecule has 1 aromatic carbocycles. The van der Waals surface area contributed by atoms with Crippen molar-refractivity contribution < 1.29 is 51.7 Å². The number of aliphatic hydroxyl groups excluding tert-OH is 2. The van der Waals surface area contributed by atoms with E-state index in [1.165, 1.54) is 0 Å². The third-order valence-electron chi connectivity index (χ3n) is 1.36. The Hall–Kier alpha value is -1.21. The van der Waals surface area contributed by atoms with Gasteiger partial charge in [0.05, 0.1) is 11.9 Å². The molecule has 0 spiro atoms. The van der Waals surface area contributed by atoms with Gasteiger partial charge in [0.2, 0.25) is 0 Å². The molecule has 0 bridgehead atoms. The van der Waals surface area contributed by atoms with Crippen LogP contribution in [-0.4, -0.2) is 34.4 Å². The van der Waals surface area contributed by atoms with E-state index in [4.69, 9.17) is 10.2 Å². The van der Waals surface area contributed by atoms with Gasteiger partial charge in [0, 0.05) is 12.2 Å². The number of hydrogen-bond donors (Lipinski definition) is 2. The van der Waals surface area contributed by atoms with E-state index < -0.39 is 11.9 Å². The van der Waals surface area contributed by atoms with Crippen molar-refractivity contribution in [3.05, 3.63) is 35.4 Å². The minimum absolute atomic E-state index is 0. The third-order valence-corrected chi connectivity index (χ3v) is 1.36. The summed E-state index contributed by atoms with van der Waals surface area (Å²) in [6.45, 7) is 6.89. The van der Waals surface area contributed by atoms with Gasteiger partial charge in [-0.25, -0.2) is 0 Å². The summed E-state index contributed by atoms with van der Waals surface area (Å²) in [5.74, 6) is -2.67. The molecule has 0 saturated carbocycles. The fraction of sp³-hybridized carbons (Fsp3) is 0.429. The van der Waals surface area contributed by atoms with Crippen LogP contribution in [0.1, 0.15) is 48.4 Å². The number of aliphatic hydroxyl groups is 2. The van der Waals surface area contributed by atoms with Crippen molar-refractivity contribution in [1.29, 1.82) is 0 Å². The van der Waals surface area contributed by atoms with Crippen LogP contribution >= 0.6 is 0 Å². The first-order valence-corrected chi connectivity index (χ1v) is 5.96. The summed E-state index contributed by atoms with van der Waals surface area (Å²) in [5, 5.41) is 36.5. The van der Waals surface area contributed by atoms with E-state index in [1.807, 2.05) is 0 Å². The van der Waals surface area contributed by atoms with Gasteiger partial charge >= 0.3 is 21.7 Å². The molecule has 1 aromatic rings. The molecule has 1 rings (SSSR count). The quantitative estimate of drug-likeness (QED) is 0.683. The summed E-state index contributed by atoms with van der Waals surface area (Å²) >= 11 is 0. The first kappa shape index (κ1) is 24.8. The Labute approximate surface area is 139 Å². The molecule has 0 unspecified atom stereocenters. The summed E-state index contributed by atoms with van der Waals surface area (Å²) in [5.41, 5.74) is -0.111. The average molecular weight is 332 g/mol. The zero-order valence-corrected chi connectivity index (χ0v) is 14.1. The summed E-state index contributed by atoms with van der Waals surface area (Å²) in [6, 6.07) is 4.61. The number of carboxylic acids is 2. The molecule has 0 aliphatic heterocycles. The van der Waals surface area contributed by atoms with Gasteiger partial charge in [-0.3, -0.25) is 0 Å². The van der Waals surface area contributed by atoms with Gasteiger partial charge in [-0.2, -0.15) is 0 Å². The van der Waals surface area contributed by atoms with E-state index in [-0.39, 0.29) is 45.1 Å². The van der Waals surface area contributed by atoms with Crippen LogP contribution in [0.5, 0.6) is 0 Å². The molecule has 0 fully saturated rings. The Morgan fingerprint density at radius 1 is 0.810 bits per heavy atom. The van der Waals surface area contributed by atoms with E-state index in [1.54, 1.807) is 27.7 Å². The van der Waals surface area contributed by atoms with Crippen molar-refractivity contribution in [2.24, 2.45) is 0 Å². The van der Waals surface area contributed by atoms with Gasteiger partial charge in [-0.15, -0.1) is 0 Å². The van der Waals surface area contributed by atoms with Gasteiger partial charge in [-0.1, -0.05) is 24.3 Å². The molecule has 0 atom stereocenters. The van der Waals surface area contributed by atoms with E-state index in [0.29, 0.717) is 0 Å². The van der Waals surface area contributed by atoms with Crippen LogP contribution in [0.25, 0.3) is 0 Å². The van der Waals surface area contributed by atoms with Crippen LogP contribution in [0, 0.1) is 0 Å². The van der Waals surface area contributed by atoms with Gasteiger partial charge in [0.15, 0.2) is 0 Å². The Bertz CT molecular complexity index is 356. The van der Waals surface area contributed by atoms with Crippen LogP contribution in [0.4, 0.5) is 0 Å². The largest absolute Gasteiger partial charge is 2.00 e. The monoisotopic (exact) mass is 332 g/mol. The Morgan fingerprint density at radius 3 is 1.05 bits per heavy atom.